The Bertz CT molecular complexity index is 2670. The molecular weight excluding hydrogens is 851 g/mol. The zero-order chi connectivity index (χ0) is 42.8. The van der Waals surface area contributed by atoms with Crippen molar-refractivity contribution in [2.45, 2.75) is 37.5 Å². The smallest absolute Gasteiger partial charge is 0.309 e. The minimum Gasteiger partial charge on any atom is -0.309 e. The second-order valence-electron chi connectivity index (χ2n) is 13.2. The van der Waals surface area contributed by atoms with Crippen molar-refractivity contribution in [2.75, 3.05) is 31.4 Å². The van der Waals surface area contributed by atoms with Gasteiger partial charge in [0.15, 0.2) is 19.7 Å². The van der Waals surface area contributed by atoms with Crippen LogP contribution in [0.25, 0.3) is 44.8 Å². The van der Waals surface area contributed by atoms with Crippen LogP contribution >= 0.6 is 30.8 Å². The summed E-state index contributed by atoms with van der Waals surface area (Å²) in [6.45, 7) is 7.78. The van der Waals surface area contributed by atoms with Crippen LogP contribution in [0.4, 0.5) is 0 Å². The molecule has 6 aromatic rings. The molecule has 0 bridgehead atoms. The predicted octanol–water partition coefficient (Wildman–Crippen LogP) is 10.5. The van der Waals surface area contributed by atoms with E-state index in [-0.39, 0.29) is 34.9 Å². The fourth-order valence-electron chi connectivity index (χ4n) is 5.75. The lowest BCUT2D eigenvalue weighted by Crippen LogP contribution is -2.05. The number of hydrogen-bond donors (Lipinski definition) is 0. The molecule has 0 atom stereocenters. The van der Waals surface area contributed by atoms with Crippen LogP contribution in [-0.4, -0.2) is 68.2 Å². The van der Waals surface area contributed by atoms with Crippen LogP contribution in [0.3, 0.4) is 0 Å². The first-order valence-corrected chi connectivity index (χ1v) is 24.4. The van der Waals surface area contributed by atoms with Crippen LogP contribution in [0.15, 0.2) is 132 Å². The van der Waals surface area contributed by atoms with Crippen molar-refractivity contribution in [1.29, 1.82) is 0 Å². The van der Waals surface area contributed by atoms with Crippen LogP contribution in [-0.2, 0) is 33.3 Å². The van der Waals surface area contributed by atoms with Crippen molar-refractivity contribution in [1.82, 2.24) is 19.9 Å². The Labute approximate surface area is 355 Å². The first kappa shape index (κ1) is 45.5. The molecule has 6 rings (SSSR count). The summed E-state index contributed by atoms with van der Waals surface area (Å²) in [6, 6.07) is 24.6. The van der Waals surface area contributed by atoms with Crippen LogP contribution in [0.2, 0.25) is 10.0 Å². The lowest BCUT2D eigenvalue weighted by atomic mass is 10.0. The highest BCUT2D eigenvalue weighted by Gasteiger charge is 2.22. The molecular formula is C43H43Cl2N4O7PS2. The molecule has 16 heteroatoms. The monoisotopic (exact) mass is 892 g/mol. The Kier molecular flexibility index (Phi) is 15.5. The van der Waals surface area contributed by atoms with Crippen molar-refractivity contribution in [3.63, 3.8) is 0 Å². The van der Waals surface area contributed by atoms with Gasteiger partial charge in [-0.1, -0.05) is 59.6 Å². The molecule has 0 saturated heterocycles. The van der Waals surface area contributed by atoms with Crippen LogP contribution in [0.1, 0.15) is 25.2 Å². The number of aromatic nitrogens is 4. The van der Waals surface area contributed by atoms with Gasteiger partial charge in [0.25, 0.3) is 0 Å². The third-order valence-electron chi connectivity index (χ3n) is 8.66. The van der Waals surface area contributed by atoms with Gasteiger partial charge in [0.05, 0.1) is 56.4 Å². The molecule has 308 valence electrons. The first-order chi connectivity index (χ1) is 28.0. The lowest BCUT2D eigenvalue weighted by molar-refractivity contribution is 0.222. The van der Waals surface area contributed by atoms with E-state index >= 15 is 0 Å². The number of aryl methyl sites for hydroxylation is 2. The number of hydrogen-bond acceptors (Lipinski definition) is 11. The zero-order valence-corrected chi connectivity index (χ0v) is 37.1. The van der Waals surface area contributed by atoms with Crippen molar-refractivity contribution in [3.8, 4) is 44.8 Å². The highest BCUT2D eigenvalue weighted by atomic mass is 35.5. The SMILES string of the molecule is CCOP(=O)(C/C=C/CS(=O)(=O)c1ccc(-c2cc(Cl)cnc2-c2ccc(C)nc2)cc1)OCC.Cc1ccc(-c2ncc(Cl)cc2-c2ccc(S(C)(=O)=O)cc2)cn1. The lowest BCUT2D eigenvalue weighted by Gasteiger charge is -2.14. The van der Waals surface area contributed by atoms with E-state index in [1.807, 2.05) is 44.2 Å². The number of halogens is 2. The molecule has 0 saturated carbocycles. The summed E-state index contributed by atoms with van der Waals surface area (Å²) in [5, 5.41) is 0.989. The summed E-state index contributed by atoms with van der Waals surface area (Å²) in [5.74, 6) is -0.233. The Balaban J connectivity index is 0.000000240. The van der Waals surface area contributed by atoms with Gasteiger partial charge in [0, 0.05) is 64.7 Å². The molecule has 0 N–H and O–H groups in total. The number of allylic oxidation sites excluding steroid dienone is 1. The number of sulfone groups is 2. The quantitative estimate of drug-likeness (QED) is 0.0758. The van der Waals surface area contributed by atoms with Gasteiger partial charge < -0.3 is 9.05 Å². The summed E-state index contributed by atoms with van der Waals surface area (Å²) < 4.78 is 71.7. The van der Waals surface area contributed by atoms with Gasteiger partial charge in [0.2, 0.25) is 0 Å². The van der Waals surface area contributed by atoms with Crippen molar-refractivity contribution >= 4 is 50.5 Å². The topological polar surface area (TPSA) is 155 Å². The van der Waals surface area contributed by atoms with Gasteiger partial charge >= 0.3 is 7.60 Å². The van der Waals surface area contributed by atoms with Gasteiger partial charge in [0.1, 0.15) is 0 Å². The number of pyridine rings is 4. The standard InChI is InChI=1S/C25H28ClN2O5PS.C18H15ClN2O2S/c1-4-32-34(29,33-5-2)14-6-7-15-35(30,31)23-12-10-20(11-13-23)24-16-22(26)18-28-25(24)21-9-8-19(3)27-17-21;1-12-3-4-14(10-20-12)18-17(9-15(19)11-21-18)13-5-7-16(8-6-13)24(2,22)23/h6-13,16-18H,4-5,14-15H2,1-3H3;3-11H,1-2H3/b7-6+;. The Morgan fingerprint density at radius 2 is 1.02 bits per heavy atom. The third kappa shape index (κ3) is 12.5. The number of rotatable bonds is 14. The Hall–Kier alpha value is -4.59. The molecule has 0 aliphatic rings. The van der Waals surface area contributed by atoms with Crippen LogP contribution in [0.5, 0.6) is 0 Å². The maximum Gasteiger partial charge on any atom is 0.334 e. The second kappa shape index (κ2) is 20.1. The summed E-state index contributed by atoms with van der Waals surface area (Å²) in [5.41, 5.74) is 8.20. The van der Waals surface area contributed by atoms with E-state index in [4.69, 9.17) is 32.2 Å². The fraction of sp³-hybridized carbons (Fsp3) is 0.209. The molecule has 0 aliphatic heterocycles. The molecule has 59 heavy (non-hydrogen) atoms. The molecule has 0 unspecified atom stereocenters. The molecule has 0 fully saturated rings. The van der Waals surface area contributed by atoms with Crippen molar-refractivity contribution in [2.24, 2.45) is 0 Å². The first-order valence-electron chi connectivity index (χ1n) is 18.4. The molecule has 2 aromatic carbocycles. The van der Waals surface area contributed by atoms with E-state index < -0.39 is 27.3 Å². The molecule has 0 radical (unpaired) electrons. The summed E-state index contributed by atoms with van der Waals surface area (Å²) in [7, 11) is -10.1. The maximum atomic E-state index is 12.8. The predicted molar refractivity (Wildman–Crippen MR) is 235 cm³/mol. The van der Waals surface area contributed by atoms with Gasteiger partial charge in [-0.15, -0.1) is 0 Å². The summed E-state index contributed by atoms with van der Waals surface area (Å²) in [6.07, 6.45) is 10.9. The summed E-state index contributed by atoms with van der Waals surface area (Å²) in [4.78, 5) is 18.0. The molecule has 4 aromatic heterocycles. The minimum absolute atomic E-state index is 0.0154. The molecule has 4 heterocycles. The minimum atomic E-state index is -3.59. The zero-order valence-electron chi connectivity index (χ0n) is 33.0. The molecule has 0 amide bonds. The normalized spacial score (nSPS) is 12.0. The maximum absolute atomic E-state index is 12.8. The second-order valence-corrected chi connectivity index (χ2v) is 20.2. The van der Waals surface area contributed by atoms with Gasteiger partial charge in [-0.25, -0.2) is 16.8 Å². The number of benzene rings is 2. The van der Waals surface area contributed by atoms with E-state index in [1.165, 1.54) is 18.4 Å². The van der Waals surface area contributed by atoms with Crippen molar-refractivity contribution in [3.05, 3.63) is 143 Å². The average molecular weight is 894 g/mol. The highest BCUT2D eigenvalue weighted by Crippen LogP contribution is 2.48. The van der Waals surface area contributed by atoms with Gasteiger partial charge in [-0.05, 0) is 99.5 Å². The van der Waals surface area contributed by atoms with Crippen LogP contribution < -0.4 is 0 Å². The van der Waals surface area contributed by atoms with Gasteiger partial charge in [-0.2, -0.15) is 0 Å². The van der Waals surface area contributed by atoms with Crippen LogP contribution in [0, 0.1) is 13.8 Å². The van der Waals surface area contributed by atoms with Gasteiger partial charge in [-0.3, -0.25) is 24.5 Å². The van der Waals surface area contributed by atoms with E-state index in [9.17, 15) is 21.4 Å². The van der Waals surface area contributed by atoms with E-state index in [1.54, 1.807) is 93.2 Å². The highest BCUT2D eigenvalue weighted by molar-refractivity contribution is 7.91. The molecule has 11 nitrogen and oxygen atoms in total. The molecule has 0 spiro atoms. The van der Waals surface area contributed by atoms with Crippen molar-refractivity contribution < 1.29 is 30.4 Å². The Morgan fingerprint density at radius 1 is 0.593 bits per heavy atom. The fourth-order valence-corrected chi connectivity index (χ4v) is 9.31. The Morgan fingerprint density at radius 3 is 1.41 bits per heavy atom. The van der Waals surface area contributed by atoms with E-state index in [0.29, 0.717) is 15.7 Å². The van der Waals surface area contributed by atoms with E-state index in [2.05, 4.69) is 19.9 Å². The summed E-state index contributed by atoms with van der Waals surface area (Å²) >= 11 is 12.3. The molecule has 0 aliphatic carbocycles. The number of nitrogens with zero attached hydrogens (tertiary/aromatic N) is 4. The van der Waals surface area contributed by atoms with E-state index in [0.717, 1.165) is 50.5 Å². The largest absolute Gasteiger partial charge is 0.334 e. The third-order valence-corrected chi connectivity index (χ3v) is 13.8. The average Bonchev–Trinajstić information content (AvgIpc) is 3.20.